The summed E-state index contributed by atoms with van der Waals surface area (Å²) >= 11 is 0. The molecule has 0 saturated carbocycles. The molecule has 2 amide bonds. The van der Waals surface area contributed by atoms with Crippen molar-refractivity contribution in [2.75, 3.05) is 11.1 Å². The van der Waals surface area contributed by atoms with Gasteiger partial charge in [-0.25, -0.2) is 0 Å². The first kappa shape index (κ1) is 16.2. The highest BCUT2D eigenvalue weighted by atomic mass is 16.2. The second-order valence-corrected chi connectivity index (χ2v) is 5.27. The summed E-state index contributed by atoms with van der Waals surface area (Å²) in [6.45, 7) is 1.59. The molecule has 23 heavy (non-hydrogen) atoms. The first-order valence-electron chi connectivity index (χ1n) is 6.92. The molecule has 0 aliphatic rings. The monoisotopic (exact) mass is 314 g/mol. The van der Waals surface area contributed by atoms with E-state index in [4.69, 9.17) is 11.0 Å². The number of carbonyl (C=O) groups excluding carboxylic acids is 2. The molecule has 0 aromatic carbocycles. The van der Waals surface area contributed by atoms with E-state index < -0.39 is 6.04 Å². The zero-order valence-corrected chi connectivity index (χ0v) is 13.1. The summed E-state index contributed by atoms with van der Waals surface area (Å²) in [7, 11) is 3.40. The quantitative estimate of drug-likeness (QED) is 0.775. The lowest BCUT2D eigenvalue weighted by atomic mass is 10.3. The molecule has 0 aliphatic heterocycles. The Labute approximate surface area is 133 Å². The second kappa shape index (κ2) is 6.27. The van der Waals surface area contributed by atoms with Gasteiger partial charge in [0.2, 0.25) is 0 Å². The van der Waals surface area contributed by atoms with Crippen molar-refractivity contribution in [1.82, 2.24) is 14.5 Å². The van der Waals surface area contributed by atoms with Crippen LogP contribution in [-0.4, -0.2) is 27.0 Å². The second-order valence-electron chi connectivity index (χ2n) is 5.27. The molecule has 0 saturated heterocycles. The number of amides is 2. The lowest BCUT2D eigenvalue weighted by Crippen LogP contribution is -2.32. The van der Waals surface area contributed by atoms with Gasteiger partial charge < -0.3 is 25.5 Å². The number of nitrogens with one attached hydrogen (secondary N) is 2. The number of hydrogen-bond donors (Lipinski definition) is 3. The number of rotatable bonds is 4. The molecule has 120 valence electrons. The van der Waals surface area contributed by atoms with Crippen molar-refractivity contribution < 1.29 is 9.59 Å². The van der Waals surface area contributed by atoms with Gasteiger partial charge in [0, 0.05) is 26.5 Å². The third kappa shape index (κ3) is 3.52. The highest BCUT2D eigenvalue weighted by molar-refractivity contribution is 6.04. The molecule has 0 bridgehead atoms. The highest BCUT2D eigenvalue weighted by Gasteiger charge is 2.16. The SMILES string of the molecule is CC(C#N)NC(=O)c1cc(NC(=O)c2cc(N)cn2C)cn1C. The largest absolute Gasteiger partial charge is 0.397 e. The zero-order chi connectivity index (χ0) is 17.1. The Balaban J connectivity index is 2.15. The number of nitriles is 1. The molecule has 8 nitrogen and oxygen atoms in total. The Kier molecular flexibility index (Phi) is 4.41. The third-order valence-corrected chi connectivity index (χ3v) is 3.30. The number of aryl methyl sites for hydroxylation is 2. The Morgan fingerprint density at radius 3 is 2.35 bits per heavy atom. The Hall–Kier alpha value is -3.21. The van der Waals surface area contributed by atoms with Gasteiger partial charge in [0.15, 0.2) is 0 Å². The van der Waals surface area contributed by atoms with Gasteiger partial charge in [-0.2, -0.15) is 5.26 Å². The van der Waals surface area contributed by atoms with E-state index in [1.165, 1.54) is 0 Å². The minimum absolute atomic E-state index is 0.327. The van der Waals surface area contributed by atoms with Crippen LogP contribution < -0.4 is 16.4 Å². The number of nitrogen functional groups attached to an aromatic ring is 1. The van der Waals surface area contributed by atoms with Crippen molar-refractivity contribution in [3.8, 4) is 6.07 Å². The maximum absolute atomic E-state index is 12.2. The van der Waals surface area contributed by atoms with E-state index in [0.717, 1.165) is 0 Å². The van der Waals surface area contributed by atoms with Gasteiger partial charge in [-0.1, -0.05) is 0 Å². The lowest BCUT2D eigenvalue weighted by Gasteiger charge is -2.06. The van der Waals surface area contributed by atoms with Crippen LogP contribution in [0.2, 0.25) is 0 Å². The fraction of sp³-hybridized carbons (Fsp3) is 0.267. The fourth-order valence-electron chi connectivity index (χ4n) is 2.17. The molecular weight excluding hydrogens is 296 g/mol. The van der Waals surface area contributed by atoms with Crippen molar-refractivity contribution in [2.24, 2.45) is 14.1 Å². The van der Waals surface area contributed by atoms with Gasteiger partial charge >= 0.3 is 0 Å². The third-order valence-electron chi connectivity index (χ3n) is 3.30. The molecule has 0 aliphatic carbocycles. The lowest BCUT2D eigenvalue weighted by molar-refractivity contribution is 0.0938. The molecule has 2 rings (SSSR count). The van der Waals surface area contributed by atoms with Crippen LogP contribution in [0.5, 0.6) is 0 Å². The van der Waals surface area contributed by atoms with Crippen LogP contribution >= 0.6 is 0 Å². The van der Waals surface area contributed by atoms with E-state index in [1.54, 1.807) is 54.7 Å². The first-order valence-corrected chi connectivity index (χ1v) is 6.92. The Morgan fingerprint density at radius 2 is 1.78 bits per heavy atom. The van der Waals surface area contributed by atoms with Crippen molar-refractivity contribution >= 4 is 23.2 Å². The molecule has 2 aromatic heterocycles. The summed E-state index contributed by atoms with van der Waals surface area (Å²) in [4.78, 5) is 24.3. The topological polar surface area (TPSA) is 118 Å². The molecule has 2 heterocycles. The summed E-state index contributed by atoms with van der Waals surface area (Å²) in [6.07, 6.45) is 3.26. The van der Waals surface area contributed by atoms with Gasteiger partial charge in [0.1, 0.15) is 17.4 Å². The molecule has 0 fully saturated rings. The smallest absolute Gasteiger partial charge is 0.272 e. The fourth-order valence-corrected chi connectivity index (χ4v) is 2.17. The maximum atomic E-state index is 12.2. The number of nitrogens with two attached hydrogens (primary N) is 1. The standard InChI is InChI=1S/C15H18N6O2/c1-9(6-16)18-14(22)13-5-11(8-21(13)3)19-15(23)12-4-10(17)7-20(12)2/h4-5,7-9H,17H2,1-3H3,(H,18,22)(H,19,23). The van der Waals surface area contributed by atoms with Crippen LogP contribution in [0, 0.1) is 11.3 Å². The van der Waals surface area contributed by atoms with Crippen LogP contribution in [0.25, 0.3) is 0 Å². The Morgan fingerprint density at radius 1 is 1.17 bits per heavy atom. The first-order chi connectivity index (χ1) is 10.8. The molecule has 4 N–H and O–H groups in total. The molecular formula is C15H18N6O2. The maximum Gasteiger partial charge on any atom is 0.272 e. The van der Waals surface area contributed by atoms with Crippen LogP contribution in [0.15, 0.2) is 24.5 Å². The van der Waals surface area contributed by atoms with Crippen molar-refractivity contribution in [3.05, 3.63) is 35.9 Å². The molecule has 1 unspecified atom stereocenters. The van der Waals surface area contributed by atoms with E-state index in [0.29, 0.717) is 22.8 Å². The Bertz CT molecular complexity index is 795. The van der Waals surface area contributed by atoms with Gasteiger partial charge in [-0.05, 0) is 19.1 Å². The number of aromatic nitrogens is 2. The van der Waals surface area contributed by atoms with Crippen LogP contribution in [-0.2, 0) is 14.1 Å². The number of hydrogen-bond acceptors (Lipinski definition) is 4. The molecule has 1 atom stereocenters. The van der Waals surface area contributed by atoms with Gasteiger partial charge in [0.05, 0.1) is 17.4 Å². The summed E-state index contributed by atoms with van der Waals surface area (Å²) in [5.41, 5.74) is 7.38. The van der Waals surface area contributed by atoms with Gasteiger partial charge in [0.25, 0.3) is 11.8 Å². The molecule has 0 radical (unpaired) electrons. The van der Waals surface area contributed by atoms with E-state index in [9.17, 15) is 9.59 Å². The zero-order valence-electron chi connectivity index (χ0n) is 13.1. The average Bonchev–Trinajstić information content (AvgIpc) is 3.00. The summed E-state index contributed by atoms with van der Waals surface area (Å²) in [6, 6.07) is 4.45. The minimum Gasteiger partial charge on any atom is -0.397 e. The van der Waals surface area contributed by atoms with Crippen LogP contribution in [0.1, 0.15) is 27.9 Å². The molecule has 8 heteroatoms. The predicted octanol–water partition coefficient (Wildman–Crippen LogP) is 0.840. The van der Waals surface area contributed by atoms with Crippen molar-refractivity contribution in [2.45, 2.75) is 13.0 Å². The normalized spacial score (nSPS) is 11.6. The number of nitrogens with zero attached hydrogens (tertiary/aromatic N) is 3. The number of anilines is 2. The van der Waals surface area contributed by atoms with E-state index in [1.807, 2.05) is 6.07 Å². The molecule has 2 aromatic rings. The van der Waals surface area contributed by atoms with Crippen molar-refractivity contribution in [1.29, 1.82) is 5.26 Å². The highest BCUT2D eigenvalue weighted by Crippen LogP contribution is 2.16. The number of carbonyl (C=O) groups is 2. The van der Waals surface area contributed by atoms with Crippen molar-refractivity contribution in [3.63, 3.8) is 0 Å². The predicted molar refractivity (Wildman–Crippen MR) is 85.7 cm³/mol. The van der Waals surface area contributed by atoms with Crippen LogP contribution in [0.4, 0.5) is 11.4 Å². The molecule has 0 spiro atoms. The summed E-state index contributed by atoms with van der Waals surface area (Å²) < 4.78 is 3.20. The van der Waals surface area contributed by atoms with E-state index in [-0.39, 0.29) is 11.8 Å². The van der Waals surface area contributed by atoms with Gasteiger partial charge in [-0.3, -0.25) is 9.59 Å². The summed E-state index contributed by atoms with van der Waals surface area (Å²) in [5, 5.41) is 14.0. The van der Waals surface area contributed by atoms with Crippen LogP contribution in [0.3, 0.4) is 0 Å². The average molecular weight is 314 g/mol. The van der Waals surface area contributed by atoms with Gasteiger partial charge in [-0.15, -0.1) is 0 Å². The van der Waals surface area contributed by atoms with E-state index >= 15 is 0 Å². The van der Waals surface area contributed by atoms with E-state index in [2.05, 4.69) is 10.6 Å². The summed E-state index contributed by atoms with van der Waals surface area (Å²) in [5.74, 6) is -0.711. The minimum atomic E-state index is -0.596.